The van der Waals surface area contributed by atoms with Crippen LogP contribution in [0.25, 0.3) is 0 Å². The molecule has 1 aromatic rings. The first-order chi connectivity index (χ1) is 8.69. The van der Waals surface area contributed by atoms with Gasteiger partial charge < -0.3 is 10.1 Å². The van der Waals surface area contributed by atoms with Crippen molar-refractivity contribution in [3.05, 3.63) is 29.8 Å². The van der Waals surface area contributed by atoms with E-state index in [2.05, 4.69) is 17.9 Å². The normalized spacial score (nSPS) is 16.3. The summed E-state index contributed by atoms with van der Waals surface area (Å²) in [7, 11) is 1.65. The van der Waals surface area contributed by atoms with Gasteiger partial charge in [0.05, 0.1) is 6.61 Å². The van der Waals surface area contributed by atoms with Crippen molar-refractivity contribution in [1.82, 2.24) is 0 Å². The molecule has 0 heterocycles. The molecule has 0 bridgehead atoms. The van der Waals surface area contributed by atoms with Crippen molar-refractivity contribution in [2.75, 3.05) is 18.2 Å². The van der Waals surface area contributed by atoms with Gasteiger partial charge in [0.25, 0.3) is 0 Å². The summed E-state index contributed by atoms with van der Waals surface area (Å²) in [5.41, 5.74) is 2.01. The minimum atomic E-state index is 0.0742. The molecule has 18 heavy (non-hydrogen) atoms. The summed E-state index contributed by atoms with van der Waals surface area (Å²) in [5.74, 6) is 0.866. The molecule has 98 valence electrons. The first-order valence-electron chi connectivity index (χ1n) is 6.17. The Kier molecular flexibility index (Phi) is 4.30. The second kappa shape index (κ2) is 5.76. The van der Waals surface area contributed by atoms with Crippen LogP contribution in [0.1, 0.15) is 24.8 Å². The highest BCUT2D eigenvalue weighted by Gasteiger charge is 2.42. The highest BCUT2D eigenvalue weighted by atomic mass is 32.1. The first-order valence-corrected chi connectivity index (χ1v) is 6.80. The van der Waals surface area contributed by atoms with Gasteiger partial charge in [-0.2, -0.15) is 12.6 Å². The number of hydrogen-bond acceptors (Lipinski definition) is 3. The highest BCUT2D eigenvalue weighted by molar-refractivity contribution is 7.80. The van der Waals surface area contributed by atoms with Crippen molar-refractivity contribution in [2.24, 2.45) is 5.41 Å². The number of para-hydroxylation sites is 1. The second-order valence-electron chi connectivity index (χ2n) is 4.97. The molecule has 1 aromatic carbocycles. The summed E-state index contributed by atoms with van der Waals surface area (Å²) >= 11 is 4.32. The Labute approximate surface area is 113 Å². The minimum absolute atomic E-state index is 0.0742. The predicted octanol–water partition coefficient (Wildman–Crippen LogP) is 2.87. The SMILES string of the molecule is COCc1ccccc1NC(=O)CC1(CS)CC1. The van der Waals surface area contributed by atoms with E-state index in [4.69, 9.17) is 4.74 Å². The van der Waals surface area contributed by atoms with Crippen molar-refractivity contribution in [2.45, 2.75) is 25.9 Å². The Morgan fingerprint density at radius 2 is 2.17 bits per heavy atom. The third-order valence-corrected chi connectivity index (χ3v) is 4.09. The van der Waals surface area contributed by atoms with Gasteiger partial charge in [-0.15, -0.1) is 0 Å². The van der Waals surface area contributed by atoms with E-state index in [9.17, 15) is 4.79 Å². The predicted molar refractivity (Wildman–Crippen MR) is 75.9 cm³/mol. The fourth-order valence-electron chi connectivity index (χ4n) is 2.03. The van der Waals surface area contributed by atoms with Crippen LogP contribution in [0.3, 0.4) is 0 Å². The average Bonchev–Trinajstić information content (AvgIpc) is 3.12. The lowest BCUT2D eigenvalue weighted by atomic mass is 10.0. The van der Waals surface area contributed by atoms with Crippen molar-refractivity contribution in [3.63, 3.8) is 0 Å². The molecule has 0 radical (unpaired) electrons. The summed E-state index contributed by atoms with van der Waals surface area (Å²) in [4.78, 5) is 12.0. The van der Waals surface area contributed by atoms with Gasteiger partial charge in [0.15, 0.2) is 0 Å². The van der Waals surface area contributed by atoms with E-state index < -0.39 is 0 Å². The minimum Gasteiger partial charge on any atom is -0.380 e. The Hall–Kier alpha value is -1.000. The summed E-state index contributed by atoms with van der Waals surface area (Å²) in [5, 5.41) is 2.97. The van der Waals surface area contributed by atoms with Gasteiger partial charge in [0.1, 0.15) is 0 Å². The number of hydrogen-bond donors (Lipinski definition) is 2. The Morgan fingerprint density at radius 1 is 1.44 bits per heavy atom. The van der Waals surface area contributed by atoms with Crippen LogP contribution in [0.2, 0.25) is 0 Å². The molecule has 2 rings (SSSR count). The number of nitrogens with one attached hydrogen (secondary N) is 1. The van der Waals surface area contributed by atoms with Crippen LogP contribution < -0.4 is 5.32 Å². The van der Waals surface area contributed by atoms with Gasteiger partial charge in [-0.05, 0) is 30.1 Å². The van der Waals surface area contributed by atoms with Crippen molar-refractivity contribution < 1.29 is 9.53 Å². The van der Waals surface area contributed by atoms with E-state index in [-0.39, 0.29) is 11.3 Å². The van der Waals surface area contributed by atoms with Crippen molar-refractivity contribution in [1.29, 1.82) is 0 Å². The lowest BCUT2D eigenvalue weighted by Gasteiger charge is -2.14. The van der Waals surface area contributed by atoms with Crippen LogP contribution in [-0.4, -0.2) is 18.8 Å². The van der Waals surface area contributed by atoms with Crippen LogP contribution in [0, 0.1) is 5.41 Å². The zero-order valence-corrected chi connectivity index (χ0v) is 11.5. The summed E-state index contributed by atoms with van der Waals surface area (Å²) < 4.78 is 5.12. The molecule has 1 amide bonds. The molecule has 0 atom stereocenters. The third-order valence-electron chi connectivity index (χ3n) is 3.42. The zero-order chi connectivity index (χ0) is 13.0. The van der Waals surface area contributed by atoms with E-state index in [0.717, 1.165) is 29.8 Å². The standard InChI is InChI=1S/C14H19NO2S/c1-17-9-11-4-2-3-5-12(11)15-13(16)8-14(10-18)6-7-14/h2-5,18H,6-10H2,1H3,(H,15,16). The quantitative estimate of drug-likeness (QED) is 0.776. The summed E-state index contributed by atoms with van der Waals surface area (Å²) in [6.45, 7) is 0.508. The number of carbonyl (C=O) groups is 1. The highest BCUT2D eigenvalue weighted by Crippen LogP contribution is 2.49. The first kappa shape index (κ1) is 13.4. The molecule has 4 heteroatoms. The van der Waals surface area contributed by atoms with E-state index in [1.165, 1.54) is 0 Å². The molecule has 0 unspecified atom stereocenters. The van der Waals surface area contributed by atoms with Crippen molar-refractivity contribution in [3.8, 4) is 0 Å². The number of thiol groups is 1. The number of amides is 1. The average molecular weight is 265 g/mol. The molecule has 0 saturated heterocycles. The smallest absolute Gasteiger partial charge is 0.224 e. The van der Waals surface area contributed by atoms with Gasteiger partial charge in [-0.1, -0.05) is 18.2 Å². The van der Waals surface area contributed by atoms with Gasteiger partial charge in [-0.25, -0.2) is 0 Å². The number of carbonyl (C=O) groups excluding carboxylic acids is 1. The molecule has 1 aliphatic rings. The van der Waals surface area contributed by atoms with E-state index >= 15 is 0 Å². The van der Waals surface area contributed by atoms with Crippen LogP contribution in [0.4, 0.5) is 5.69 Å². The van der Waals surface area contributed by atoms with Crippen LogP contribution in [0.15, 0.2) is 24.3 Å². The van der Waals surface area contributed by atoms with E-state index in [1.807, 2.05) is 24.3 Å². The molecule has 0 aliphatic heterocycles. The fraction of sp³-hybridized carbons (Fsp3) is 0.500. The van der Waals surface area contributed by atoms with Crippen LogP contribution in [-0.2, 0) is 16.1 Å². The van der Waals surface area contributed by atoms with E-state index in [0.29, 0.717) is 13.0 Å². The Morgan fingerprint density at radius 3 is 2.78 bits per heavy atom. The molecule has 1 saturated carbocycles. The van der Waals surface area contributed by atoms with Gasteiger partial charge >= 0.3 is 0 Å². The number of anilines is 1. The molecular weight excluding hydrogens is 246 g/mol. The lowest BCUT2D eigenvalue weighted by molar-refractivity contribution is -0.117. The third kappa shape index (κ3) is 3.27. The molecular formula is C14H19NO2S. The topological polar surface area (TPSA) is 38.3 Å². The fourth-order valence-corrected chi connectivity index (χ4v) is 2.45. The van der Waals surface area contributed by atoms with Crippen molar-refractivity contribution >= 4 is 24.2 Å². The molecule has 0 aromatic heterocycles. The second-order valence-corrected chi connectivity index (χ2v) is 5.29. The van der Waals surface area contributed by atoms with Crippen LogP contribution >= 0.6 is 12.6 Å². The summed E-state index contributed by atoms with van der Waals surface area (Å²) in [6.07, 6.45) is 2.80. The molecule has 0 spiro atoms. The number of rotatable bonds is 6. The lowest BCUT2D eigenvalue weighted by Crippen LogP contribution is -2.19. The maximum atomic E-state index is 12.0. The monoisotopic (exact) mass is 265 g/mol. The van der Waals surface area contributed by atoms with E-state index in [1.54, 1.807) is 7.11 Å². The molecule has 3 nitrogen and oxygen atoms in total. The maximum Gasteiger partial charge on any atom is 0.224 e. The largest absolute Gasteiger partial charge is 0.380 e. The number of ether oxygens (including phenoxy) is 1. The van der Waals surface area contributed by atoms with Crippen LogP contribution in [0.5, 0.6) is 0 Å². The molecule has 1 N–H and O–H groups in total. The Balaban J connectivity index is 1.98. The number of methoxy groups -OCH3 is 1. The van der Waals surface area contributed by atoms with Gasteiger partial charge in [-0.3, -0.25) is 4.79 Å². The zero-order valence-electron chi connectivity index (χ0n) is 10.6. The maximum absolute atomic E-state index is 12.0. The van der Waals surface area contributed by atoms with Gasteiger partial charge in [0, 0.05) is 24.8 Å². The Bertz CT molecular complexity index is 430. The molecule has 1 fully saturated rings. The molecule has 1 aliphatic carbocycles. The summed E-state index contributed by atoms with van der Waals surface area (Å²) in [6, 6.07) is 7.73. The van der Waals surface area contributed by atoms with Gasteiger partial charge in [0.2, 0.25) is 5.91 Å². The number of benzene rings is 1.